The van der Waals surface area contributed by atoms with Crippen LogP contribution in [0.1, 0.15) is 37.0 Å². The lowest BCUT2D eigenvalue weighted by Crippen LogP contribution is -2.27. The van der Waals surface area contributed by atoms with Crippen molar-refractivity contribution < 1.29 is 14.7 Å². The second-order valence-electron chi connectivity index (χ2n) is 6.01. The van der Waals surface area contributed by atoms with Gasteiger partial charge in [0.05, 0.1) is 11.8 Å². The summed E-state index contributed by atoms with van der Waals surface area (Å²) in [7, 11) is 0. The van der Waals surface area contributed by atoms with Crippen molar-refractivity contribution in [3.63, 3.8) is 0 Å². The van der Waals surface area contributed by atoms with Crippen molar-refractivity contribution in [1.82, 2.24) is 5.43 Å². The summed E-state index contributed by atoms with van der Waals surface area (Å²) in [6.45, 7) is 3.84. The van der Waals surface area contributed by atoms with Gasteiger partial charge in [-0.2, -0.15) is 5.10 Å². The van der Waals surface area contributed by atoms with Gasteiger partial charge in [-0.05, 0) is 23.6 Å². The van der Waals surface area contributed by atoms with Gasteiger partial charge >= 0.3 is 0 Å². The minimum Gasteiger partial charge on any atom is -0.511 e. The van der Waals surface area contributed by atoms with E-state index in [1.807, 2.05) is 19.9 Å². The van der Waals surface area contributed by atoms with Crippen molar-refractivity contribution >= 4 is 33.8 Å². The number of aliphatic hydroxyl groups is 1. The molecule has 1 aliphatic carbocycles. The third kappa shape index (κ3) is 4.04. The largest absolute Gasteiger partial charge is 0.511 e. The van der Waals surface area contributed by atoms with E-state index in [4.69, 9.17) is 0 Å². The number of ketones is 1. The first-order valence-electron chi connectivity index (χ1n) is 6.83. The lowest BCUT2D eigenvalue weighted by Gasteiger charge is -2.28. The zero-order valence-electron chi connectivity index (χ0n) is 12.4. The summed E-state index contributed by atoms with van der Waals surface area (Å²) in [6.07, 6.45) is 1.97. The molecule has 0 saturated carbocycles. The van der Waals surface area contributed by atoms with Crippen LogP contribution < -0.4 is 5.43 Å². The number of carbonyl (C=O) groups is 2. The first kappa shape index (κ1) is 16.4. The van der Waals surface area contributed by atoms with E-state index in [2.05, 4.69) is 26.5 Å². The van der Waals surface area contributed by atoms with Crippen molar-refractivity contribution in [2.75, 3.05) is 0 Å². The molecule has 2 rings (SSSR count). The smallest absolute Gasteiger partial charge is 0.271 e. The van der Waals surface area contributed by atoms with Crippen molar-refractivity contribution in [3.8, 4) is 0 Å². The Bertz CT molecular complexity index is 678. The molecular weight excluding hydrogens is 348 g/mol. The number of aliphatic hydroxyl groups excluding tert-OH is 1. The number of amides is 1. The Hall–Kier alpha value is -1.95. The van der Waals surface area contributed by atoms with E-state index in [0.717, 1.165) is 4.47 Å². The first-order chi connectivity index (χ1) is 10.3. The third-order valence-electron chi connectivity index (χ3n) is 3.34. The number of hydrazone groups is 1. The van der Waals surface area contributed by atoms with E-state index in [1.54, 1.807) is 18.2 Å². The molecule has 5 nitrogen and oxygen atoms in total. The molecule has 116 valence electrons. The van der Waals surface area contributed by atoms with Gasteiger partial charge in [-0.1, -0.05) is 35.8 Å². The Balaban J connectivity index is 2.06. The van der Waals surface area contributed by atoms with Gasteiger partial charge in [-0.25, -0.2) is 5.43 Å². The van der Waals surface area contributed by atoms with Crippen LogP contribution in [-0.2, 0) is 4.79 Å². The van der Waals surface area contributed by atoms with Crippen LogP contribution in [-0.4, -0.2) is 23.0 Å². The predicted octanol–water partition coefficient (Wildman–Crippen LogP) is 3.37. The average Bonchev–Trinajstić information content (AvgIpc) is 2.40. The summed E-state index contributed by atoms with van der Waals surface area (Å²) >= 11 is 3.28. The molecule has 0 atom stereocenters. The van der Waals surface area contributed by atoms with Crippen molar-refractivity contribution in [1.29, 1.82) is 0 Å². The number of nitrogens with zero attached hydrogens (tertiary/aromatic N) is 1. The maximum Gasteiger partial charge on any atom is 0.271 e. The fourth-order valence-electron chi connectivity index (χ4n) is 2.30. The number of rotatable bonds is 3. The number of benzene rings is 1. The fraction of sp³-hybridized carbons (Fsp3) is 0.312. The van der Waals surface area contributed by atoms with Crippen LogP contribution in [0.4, 0.5) is 0 Å². The molecule has 0 aliphatic heterocycles. The van der Waals surface area contributed by atoms with Crippen LogP contribution in [0, 0.1) is 5.41 Å². The molecule has 1 amide bonds. The summed E-state index contributed by atoms with van der Waals surface area (Å²) in [5.74, 6) is -0.544. The highest BCUT2D eigenvalue weighted by Crippen LogP contribution is 2.35. The number of hydrogen-bond acceptors (Lipinski definition) is 4. The summed E-state index contributed by atoms with van der Waals surface area (Å²) in [4.78, 5) is 23.9. The highest BCUT2D eigenvalue weighted by molar-refractivity contribution is 9.10. The van der Waals surface area contributed by atoms with Gasteiger partial charge in [-0.3, -0.25) is 9.59 Å². The van der Waals surface area contributed by atoms with Crippen LogP contribution in [0.15, 0.2) is 45.2 Å². The van der Waals surface area contributed by atoms with E-state index in [0.29, 0.717) is 18.4 Å². The van der Waals surface area contributed by atoms with E-state index in [-0.39, 0.29) is 28.4 Å². The molecule has 0 radical (unpaired) electrons. The minimum atomic E-state index is -0.388. The second-order valence-corrected chi connectivity index (χ2v) is 6.93. The topological polar surface area (TPSA) is 78.8 Å². The Labute approximate surface area is 137 Å². The van der Waals surface area contributed by atoms with E-state index >= 15 is 0 Å². The van der Waals surface area contributed by atoms with Crippen LogP contribution in [0.5, 0.6) is 0 Å². The van der Waals surface area contributed by atoms with Gasteiger partial charge < -0.3 is 5.11 Å². The Morgan fingerprint density at radius 1 is 1.41 bits per heavy atom. The molecule has 0 spiro atoms. The number of halogens is 1. The van der Waals surface area contributed by atoms with Gasteiger partial charge in [0.1, 0.15) is 5.76 Å². The van der Waals surface area contributed by atoms with Gasteiger partial charge in [0, 0.05) is 22.9 Å². The highest BCUT2D eigenvalue weighted by atomic mass is 79.9. The molecule has 0 bridgehead atoms. The normalized spacial score (nSPS) is 17.9. The Morgan fingerprint density at radius 3 is 2.77 bits per heavy atom. The molecule has 0 heterocycles. The molecule has 1 aromatic carbocycles. The van der Waals surface area contributed by atoms with Crippen molar-refractivity contribution in [2.24, 2.45) is 10.5 Å². The highest BCUT2D eigenvalue weighted by Gasteiger charge is 2.32. The lowest BCUT2D eigenvalue weighted by atomic mass is 9.77. The van der Waals surface area contributed by atoms with Crippen LogP contribution >= 0.6 is 15.9 Å². The SMILES string of the molecule is CC1(C)CC(=O)C(C=NNC(=O)c2cccc(Br)c2)=C(O)C1. The first-order valence-corrected chi connectivity index (χ1v) is 7.62. The monoisotopic (exact) mass is 364 g/mol. The molecular formula is C16H17BrN2O3. The Kier molecular flexibility index (Phi) is 4.81. The van der Waals surface area contributed by atoms with Crippen molar-refractivity contribution in [2.45, 2.75) is 26.7 Å². The summed E-state index contributed by atoms with van der Waals surface area (Å²) < 4.78 is 0.786. The van der Waals surface area contributed by atoms with Crippen LogP contribution in [0.3, 0.4) is 0 Å². The van der Waals surface area contributed by atoms with Gasteiger partial charge in [0.25, 0.3) is 5.91 Å². The molecule has 22 heavy (non-hydrogen) atoms. The Morgan fingerprint density at radius 2 is 2.14 bits per heavy atom. The van der Waals surface area contributed by atoms with E-state index in [9.17, 15) is 14.7 Å². The average molecular weight is 365 g/mol. The number of hydrogen-bond donors (Lipinski definition) is 2. The molecule has 0 saturated heterocycles. The van der Waals surface area contributed by atoms with Gasteiger partial charge in [-0.15, -0.1) is 0 Å². The zero-order chi connectivity index (χ0) is 16.3. The number of Topliss-reactive ketones (excluding diaryl/α,β-unsaturated/α-hetero) is 1. The molecule has 0 unspecified atom stereocenters. The van der Waals surface area contributed by atoms with E-state index < -0.39 is 0 Å². The summed E-state index contributed by atoms with van der Waals surface area (Å²) in [5, 5.41) is 13.7. The molecule has 1 aromatic rings. The second kappa shape index (κ2) is 6.44. The maximum atomic E-state index is 12.0. The predicted molar refractivity (Wildman–Crippen MR) is 87.8 cm³/mol. The van der Waals surface area contributed by atoms with Gasteiger partial charge in [0.2, 0.25) is 0 Å². The number of nitrogens with one attached hydrogen (secondary N) is 1. The zero-order valence-corrected chi connectivity index (χ0v) is 14.0. The number of carbonyl (C=O) groups excluding carboxylic acids is 2. The number of allylic oxidation sites excluding steroid dienone is 2. The molecule has 0 fully saturated rings. The maximum absolute atomic E-state index is 12.0. The molecule has 6 heteroatoms. The standard InChI is InChI=1S/C16H17BrN2O3/c1-16(2)7-13(20)12(14(21)8-16)9-18-19-15(22)10-4-3-5-11(17)6-10/h3-6,9,20H,7-8H2,1-2H3,(H,19,22). The molecule has 1 aliphatic rings. The van der Waals surface area contributed by atoms with Crippen molar-refractivity contribution in [3.05, 3.63) is 45.6 Å². The quantitative estimate of drug-likeness (QED) is 0.637. The fourth-order valence-corrected chi connectivity index (χ4v) is 2.70. The third-order valence-corrected chi connectivity index (χ3v) is 3.84. The van der Waals surface area contributed by atoms with Crippen LogP contribution in [0.25, 0.3) is 0 Å². The summed E-state index contributed by atoms with van der Waals surface area (Å²) in [5.41, 5.74) is 2.70. The van der Waals surface area contributed by atoms with Gasteiger partial charge in [0.15, 0.2) is 5.78 Å². The lowest BCUT2D eigenvalue weighted by molar-refractivity contribution is -0.117. The van der Waals surface area contributed by atoms with E-state index in [1.165, 1.54) is 6.21 Å². The van der Waals surface area contributed by atoms with Crippen LogP contribution in [0.2, 0.25) is 0 Å². The summed E-state index contributed by atoms with van der Waals surface area (Å²) in [6, 6.07) is 6.87. The molecule has 2 N–H and O–H groups in total. The minimum absolute atomic E-state index is 0.0155. The molecule has 0 aromatic heterocycles.